The second-order valence-corrected chi connectivity index (χ2v) is 7.57. The lowest BCUT2D eigenvalue weighted by atomic mass is 10.1. The molecule has 1 aromatic rings. The first-order valence-corrected chi connectivity index (χ1v) is 10.0. The van der Waals surface area contributed by atoms with Crippen LogP contribution in [0, 0.1) is 0 Å². The number of methoxy groups -OCH3 is 1. The molecule has 0 aromatic heterocycles. The topological polar surface area (TPSA) is 51.2 Å². The summed E-state index contributed by atoms with van der Waals surface area (Å²) in [5, 5.41) is 0. The molecule has 27 heavy (non-hydrogen) atoms. The van der Waals surface area contributed by atoms with Gasteiger partial charge in [0.15, 0.2) is 11.5 Å². The molecule has 6 nitrogen and oxygen atoms in total. The predicted molar refractivity (Wildman–Crippen MR) is 105 cm³/mol. The van der Waals surface area contributed by atoms with E-state index >= 15 is 0 Å². The predicted octanol–water partition coefficient (Wildman–Crippen LogP) is 2.81. The molecule has 0 aliphatic carbocycles. The van der Waals surface area contributed by atoms with Crippen LogP contribution in [0.5, 0.6) is 11.5 Å². The molecule has 2 aliphatic rings. The number of rotatable bonds is 5. The number of nitrogens with zero attached hydrogens (tertiary/aromatic N) is 2. The van der Waals surface area contributed by atoms with Crippen molar-refractivity contribution >= 4 is 5.91 Å². The van der Waals surface area contributed by atoms with Gasteiger partial charge in [-0.1, -0.05) is 0 Å². The quantitative estimate of drug-likeness (QED) is 0.791. The van der Waals surface area contributed by atoms with Crippen LogP contribution in [0.1, 0.15) is 43.5 Å². The maximum Gasteiger partial charge on any atom is 0.254 e. The fraction of sp³-hybridized carbons (Fsp3) is 0.667. The zero-order chi connectivity index (χ0) is 19.2. The van der Waals surface area contributed by atoms with Gasteiger partial charge in [-0.2, -0.15) is 0 Å². The Kier molecular flexibility index (Phi) is 6.96. The summed E-state index contributed by atoms with van der Waals surface area (Å²) >= 11 is 0. The number of carbonyl (C=O) groups is 1. The van der Waals surface area contributed by atoms with Crippen LogP contribution in [0.4, 0.5) is 0 Å². The number of ether oxygens (including phenoxy) is 3. The average Bonchev–Trinajstić information content (AvgIpc) is 2.97. The Hall–Kier alpha value is -1.79. The van der Waals surface area contributed by atoms with E-state index in [9.17, 15) is 4.79 Å². The standard InChI is InChI=1S/C21H32N2O4/c1-16(2)22-10-7-18(8-11-22)27-20-15-17(5-6-19(20)25-3)21(24)23-9-4-13-26-14-12-23/h5-6,15-16,18H,4,7-14H2,1-3H3. The zero-order valence-corrected chi connectivity index (χ0v) is 16.8. The molecule has 3 rings (SSSR count). The van der Waals surface area contributed by atoms with E-state index in [0.29, 0.717) is 36.3 Å². The van der Waals surface area contributed by atoms with Gasteiger partial charge in [-0.25, -0.2) is 0 Å². The number of hydrogen-bond acceptors (Lipinski definition) is 5. The summed E-state index contributed by atoms with van der Waals surface area (Å²) in [6.45, 7) is 9.22. The second kappa shape index (κ2) is 9.42. The zero-order valence-electron chi connectivity index (χ0n) is 16.8. The Balaban J connectivity index is 1.69. The van der Waals surface area contributed by atoms with Crippen molar-refractivity contribution in [3.8, 4) is 11.5 Å². The van der Waals surface area contributed by atoms with Crippen LogP contribution in [-0.2, 0) is 4.74 Å². The number of carbonyl (C=O) groups excluding carboxylic acids is 1. The molecule has 2 heterocycles. The van der Waals surface area contributed by atoms with Crippen LogP contribution in [0.3, 0.4) is 0 Å². The highest BCUT2D eigenvalue weighted by Crippen LogP contribution is 2.31. The highest BCUT2D eigenvalue weighted by molar-refractivity contribution is 5.95. The Morgan fingerprint density at radius 3 is 2.59 bits per heavy atom. The SMILES string of the molecule is COc1ccc(C(=O)N2CCCOCC2)cc1OC1CCN(C(C)C)CC1. The molecule has 0 atom stereocenters. The van der Waals surface area contributed by atoms with Crippen molar-refractivity contribution in [3.05, 3.63) is 23.8 Å². The Morgan fingerprint density at radius 2 is 1.89 bits per heavy atom. The lowest BCUT2D eigenvalue weighted by molar-refractivity contribution is 0.0734. The monoisotopic (exact) mass is 376 g/mol. The molecule has 1 aromatic carbocycles. The van der Waals surface area contributed by atoms with Gasteiger partial charge in [0.2, 0.25) is 0 Å². The molecular weight excluding hydrogens is 344 g/mol. The van der Waals surface area contributed by atoms with Gasteiger partial charge in [0.25, 0.3) is 5.91 Å². The van der Waals surface area contributed by atoms with Gasteiger partial charge in [-0.05, 0) is 51.3 Å². The van der Waals surface area contributed by atoms with Crippen LogP contribution >= 0.6 is 0 Å². The number of benzene rings is 1. The minimum atomic E-state index is 0.0302. The minimum absolute atomic E-state index is 0.0302. The number of hydrogen-bond donors (Lipinski definition) is 0. The molecule has 0 unspecified atom stereocenters. The van der Waals surface area contributed by atoms with Crippen LogP contribution in [0.2, 0.25) is 0 Å². The molecule has 2 fully saturated rings. The van der Waals surface area contributed by atoms with Crippen molar-refractivity contribution in [2.75, 3.05) is 46.5 Å². The van der Waals surface area contributed by atoms with E-state index in [4.69, 9.17) is 14.2 Å². The maximum atomic E-state index is 12.9. The maximum absolute atomic E-state index is 12.9. The minimum Gasteiger partial charge on any atom is -0.493 e. The molecular formula is C21H32N2O4. The van der Waals surface area contributed by atoms with Gasteiger partial charge in [-0.15, -0.1) is 0 Å². The van der Waals surface area contributed by atoms with Gasteiger partial charge >= 0.3 is 0 Å². The van der Waals surface area contributed by atoms with E-state index in [1.165, 1.54) is 0 Å². The summed E-state index contributed by atoms with van der Waals surface area (Å²) in [6.07, 6.45) is 3.01. The molecule has 6 heteroatoms. The van der Waals surface area contributed by atoms with E-state index in [-0.39, 0.29) is 12.0 Å². The van der Waals surface area contributed by atoms with Gasteiger partial charge in [-0.3, -0.25) is 4.79 Å². The second-order valence-electron chi connectivity index (χ2n) is 7.57. The van der Waals surface area contributed by atoms with Crippen LogP contribution < -0.4 is 9.47 Å². The van der Waals surface area contributed by atoms with Crippen molar-refractivity contribution in [1.29, 1.82) is 0 Å². The van der Waals surface area contributed by atoms with E-state index in [2.05, 4.69) is 18.7 Å². The number of likely N-dealkylation sites (tertiary alicyclic amines) is 1. The Morgan fingerprint density at radius 1 is 1.11 bits per heavy atom. The molecule has 2 saturated heterocycles. The highest BCUT2D eigenvalue weighted by Gasteiger charge is 2.24. The summed E-state index contributed by atoms with van der Waals surface area (Å²) in [6, 6.07) is 6.06. The molecule has 0 radical (unpaired) electrons. The smallest absolute Gasteiger partial charge is 0.254 e. The number of amides is 1. The Labute approximate surface area is 162 Å². The van der Waals surface area contributed by atoms with E-state index < -0.39 is 0 Å². The molecule has 150 valence electrons. The molecule has 0 spiro atoms. The summed E-state index contributed by atoms with van der Waals surface area (Å²) in [5.41, 5.74) is 0.646. The lowest BCUT2D eigenvalue weighted by Crippen LogP contribution is -2.41. The molecule has 2 aliphatic heterocycles. The molecule has 0 saturated carbocycles. The summed E-state index contributed by atoms with van der Waals surface area (Å²) in [4.78, 5) is 17.2. The lowest BCUT2D eigenvalue weighted by Gasteiger charge is -2.34. The summed E-state index contributed by atoms with van der Waals surface area (Å²) in [7, 11) is 1.64. The van der Waals surface area contributed by atoms with E-state index in [1.807, 2.05) is 23.1 Å². The fourth-order valence-corrected chi connectivity index (χ4v) is 3.72. The third-order valence-corrected chi connectivity index (χ3v) is 5.42. The fourth-order valence-electron chi connectivity index (χ4n) is 3.72. The molecule has 1 amide bonds. The van der Waals surface area contributed by atoms with Crippen LogP contribution in [-0.4, -0.2) is 74.4 Å². The van der Waals surface area contributed by atoms with Crippen molar-refractivity contribution in [3.63, 3.8) is 0 Å². The first-order chi connectivity index (χ1) is 13.1. The average molecular weight is 376 g/mol. The highest BCUT2D eigenvalue weighted by atomic mass is 16.5. The van der Waals surface area contributed by atoms with Gasteiger partial charge < -0.3 is 24.0 Å². The Bertz CT molecular complexity index is 619. The summed E-state index contributed by atoms with van der Waals surface area (Å²) in [5.74, 6) is 1.37. The van der Waals surface area contributed by atoms with Crippen LogP contribution in [0.25, 0.3) is 0 Å². The third kappa shape index (κ3) is 5.14. The first-order valence-electron chi connectivity index (χ1n) is 10.0. The first kappa shape index (κ1) is 20.0. The third-order valence-electron chi connectivity index (χ3n) is 5.42. The molecule has 0 bridgehead atoms. The number of piperidine rings is 1. The largest absolute Gasteiger partial charge is 0.493 e. The van der Waals surface area contributed by atoms with E-state index in [1.54, 1.807) is 7.11 Å². The van der Waals surface area contributed by atoms with Crippen molar-refractivity contribution in [1.82, 2.24) is 9.80 Å². The van der Waals surface area contributed by atoms with Gasteiger partial charge in [0.1, 0.15) is 6.10 Å². The van der Waals surface area contributed by atoms with Crippen molar-refractivity contribution in [2.24, 2.45) is 0 Å². The van der Waals surface area contributed by atoms with Crippen LogP contribution in [0.15, 0.2) is 18.2 Å². The molecule has 0 N–H and O–H groups in total. The van der Waals surface area contributed by atoms with Gasteiger partial charge in [0, 0.05) is 44.4 Å². The van der Waals surface area contributed by atoms with Crippen molar-refractivity contribution in [2.45, 2.75) is 45.3 Å². The van der Waals surface area contributed by atoms with E-state index in [0.717, 1.165) is 45.5 Å². The normalized spacial score (nSPS) is 19.8. The van der Waals surface area contributed by atoms with Gasteiger partial charge in [0.05, 0.1) is 13.7 Å². The summed E-state index contributed by atoms with van der Waals surface area (Å²) < 4.78 is 17.2. The van der Waals surface area contributed by atoms with Crippen molar-refractivity contribution < 1.29 is 19.0 Å².